The highest BCUT2D eigenvalue weighted by Gasteiger charge is 2.25. The molecule has 2 rings (SSSR count). The van der Waals surface area contributed by atoms with E-state index in [2.05, 4.69) is 17.6 Å². The molecule has 0 aliphatic heterocycles. The Labute approximate surface area is 108 Å². The first-order chi connectivity index (χ1) is 8.65. The lowest BCUT2D eigenvalue weighted by Crippen LogP contribution is -2.46. The highest BCUT2D eigenvalue weighted by molar-refractivity contribution is 5.81. The van der Waals surface area contributed by atoms with Crippen molar-refractivity contribution in [2.75, 3.05) is 0 Å². The van der Waals surface area contributed by atoms with Crippen molar-refractivity contribution in [3.8, 4) is 0 Å². The van der Waals surface area contributed by atoms with Crippen molar-refractivity contribution < 1.29 is 9.21 Å². The number of aryl methyl sites for hydroxylation is 1. The molecule has 1 amide bonds. The summed E-state index contributed by atoms with van der Waals surface area (Å²) in [7, 11) is 0. The van der Waals surface area contributed by atoms with Gasteiger partial charge in [-0.15, -0.1) is 0 Å². The van der Waals surface area contributed by atoms with Gasteiger partial charge in [0.25, 0.3) is 0 Å². The molecule has 2 unspecified atom stereocenters. The molecule has 0 spiro atoms. The van der Waals surface area contributed by atoms with Gasteiger partial charge < -0.3 is 15.1 Å². The van der Waals surface area contributed by atoms with E-state index in [1.165, 1.54) is 0 Å². The van der Waals surface area contributed by atoms with E-state index in [-0.39, 0.29) is 11.9 Å². The molecule has 0 saturated heterocycles. The zero-order valence-electron chi connectivity index (χ0n) is 11.1. The van der Waals surface area contributed by atoms with Crippen LogP contribution in [0.5, 0.6) is 0 Å². The molecule has 1 heterocycles. The number of carbonyl (C=O) groups is 1. The predicted molar refractivity (Wildman–Crippen MR) is 70.3 cm³/mol. The van der Waals surface area contributed by atoms with Crippen LogP contribution in [0.2, 0.25) is 0 Å². The van der Waals surface area contributed by atoms with Gasteiger partial charge in [0.1, 0.15) is 5.76 Å². The van der Waals surface area contributed by atoms with Gasteiger partial charge in [-0.3, -0.25) is 4.79 Å². The molecule has 1 fully saturated rings. The lowest BCUT2D eigenvalue weighted by molar-refractivity contribution is -0.123. The molecular formula is C14H22N2O2. The molecule has 4 heteroatoms. The minimum absolute atomic E-state index is 0.113. The largest absolute Gasteiger partial charge is 0.469 e. The summed E-state index contributed by atoms with van der Waals surface area (Å²) in [5.41, 5.74) is 0. The molecule has 100 valence electrons. The highest BCUT2D eigenvalue weighted by Crippen LogP contribution is 2.18. The van der Waals surface area contributed by atoms with E-state index in [4.69, 9.17) is 4.42 Å². The maximum absolute atomic E-state index is 11.8. The Balaban J connectivity index is 1.65. The molecule has 2 N–H and O–H groups in total. The van der Waals surface area contributed by atoms with E-state index < -0.39 is 0 Å². The molecule has 1 aromatic heterocycles. The monoisotopic (exact) mass is 250 g/mol. The zero-order valence-corrected chi connectivity index (χ0v) is 11.1. The molecule has 1 aliphatic carbocycles. The third-order valence-corrected chi connectivity index (χ3v) is 3.26. The van der Waals surface area contributed by atoms with Crippen molar-refractivity contribution in [3.63, 3.8) is 0 Å². The summed E-state index contributed by atoms with van der Waals surface area (Å²) in [6.07, 6.45) is 5.82. The molecule has 0 bridgehead atoms. The van der Waals surface area contributed by atoms with Gasteiger partial charge in [-0.25, -0.2) is 0 Å². The van der Waals surface area contributed by atoms with Crippen LogP contribution in [0.3, 0.4) is 0 Å². The second kappa shape index (κ2) is 6.05. The first-order valence-electron chi connectivity index (χ1n) is 6.74. The molecule has 4 nitrogen and oxygen atoms in total. The third-order valence-electron chi connectivity index (χ3n) is 3.26. The molecule has 1 saturated carbocycles. The van der Waals surface area contributed by atoms with Crippen molar-refractivity contribution in [1.29, 1.82) is 0 Å². The van der Waals surface area contributed by atoms with Crippen molar-refractivity contribution >= 4 is 5.91 Å². The Morgan fingerprint density at radius 2 is 2.28 bits per heavy atom. The summed E-state index contributed by atoms with van der Waals surface area (Å²) in [5, 5.41) is 6.33. The topological polar surface area (TPSA) is 54.3 Å². The van der Waals surface area contributed by atoms with Gasteiger partial charge in [0.15, 0.2) is 0 Å². The van der Waals surface area contributed by atoms with Crippen LogP contribution in [0.1, 0.15) is 38.9 Å². The number of hydrogen-bond acceptors (Lipinski definition) is 3. The Kier molecular flexibility index (Phi) is 4.42. The SMILES string of the molecule is CC(CCc1ccco1)NC(C)C(=O)NC1CC1. The van der Waals surface area contributed by atoms with Gasteiger partial charge >= 0.3 is 0 Å². The van der Waals surface area contributed by atoms with Crippen LogP contribution in [-0.2, 0) is 11.2 Å². The van der Waals surface area contributed by atoms with E-state index in [1.54, 1.807) is 6.26 Å². The number of nitrogens with one attached hydrogen (secondary N) is 2. The number of carbonyl (C=O) groups excluding carboxylic acids is 1. The highest BCUT2D eigenvalue weighted by atomic mass is 16.3. The Hall–Kier alpha value is -1.29. The summed E-state index contributed by atoms with van der Waals surface area (Å²) in [4.78, 5) is 11.8. The lowest BCUT2D eigenvalue weighted by Gasteiger charge is -2.19. The molecular weight excluding hydrogens is 228 g/mol. The second-order valence-electron chi connectivity index (χ2n) is 5.19. The van der Waals surface area contributed by atoms with Crippen LogP contribution in [0.4, 0.5) is 0 Å². The first-order valence-corrected chi connectivity index (χ1v) is 6.74. The van der Waals surface area contributed by atoms with Gasteiger partial charge in [-0.05, 0) is 45.2 Å². The van der Waals surface area contributed by atoms with Crippen LogP contribution >= 0.6 is 0 Å². The molecule has 18 heavy (non-hydrogen) atoms. The number of rotatable bonds is 7. The normalized spacial score (nSPS) is 18.3. The van der Waals surface area contributed by atoms with Gasteiger partial charge in [-0.2, -0.15) is 0 Å². The summed E-state index contributed by atoms with van der Waals surface area (Å²) in [6.45, 7) is 4.02. The minimum atomic E-state index is -0.128. The molecule has 0 radical (unpaired) electrons. The van der Waals surface area contributed by atoms with E-state index in [1.807, 2.05) is 19.1 Å². The summed E-state index contributed by atoms with van der Waals surface area (Å²) < 4.78 is 5.29. The zero-order chi connectivity index (χ0) is 13.0. The molecule has 1 aliphatic rings. The van der Waals surface area contributed by atoms with Gasteiger partial charge in [0.05, 0.1) is 12.3 Å². The van der Waals surface area contributed by atoms with Crippen LogP contribution in [-0.4, -0.2) is 24.0 Å². The fourth-order valence-corrected chi connectivity index (χ4v) is 1.95. The van der Waals surface area contributed by atoms with Crippen LogP contribution in [0.25, 0.3) is 0 Å². The fraction of sp³-hybridized carbons (Fsp3) is 0.643. The van der Waals surface area contributed by atoms with Gasteiger partial charge in [-0.1, -0.05) is 0 Å². The quantitative estimate of drug-likeness (QED) is 0.776. The van der Waals surface area contributed by atoms with E-state index in [0.29, 0.717) is 12.1 Å². The second-order valence-corrected chi connectivity index (χ2v) is 5.19. The summed E-state index contributed by atoms with van der Waals surface area (Å²) in [6, 6.07) is 4.49. The minimum Gasteiger partial charge on any atom is -0.469 e. The average Bonchev–Trinajstić information content (AvgIpc) is 2.99. The number of hydrogen-bond donors (Lipinski definition) is 2. The van der Waals surface area contributed by atoms with Crippen molar-refractivity contribution in [3.05, 3.63) is 24.2 Å². The van der Waals surface area contributed by atoms with Gasteiger partial charge in [0.2, 0.25) is 5.91 Å². The fourth-order valence-electron chi connectivity index (χ4n) is 1.95. The smallest absolute Gasteiger partial charge is 0.237 e. The Morgan fingerprint density at radius 3 is 2.89 bits per heavy atom. The summed E-state index contributed by atoms with van der Waals surface area (Å²) in [5.74, 6) is 1.11. The number of amides is 1. The van der Waals surface area contributed by atoms with Crippen molar-refractivity contribution in [2.24, 2.45) is 0 Å². The maximum Gasteiger partial charge on any atom is 0.237 e. The van der Waals surface area contributed by atoms with Crippen LogP contribution in [0, 0.1) is 0 Å². The lowest BCUT2D eigenvalue weighted by atomic mass is 10.1. The predicted octanol–water partition coefficient (Wildman–Crippen LogP) is 1.86. The third kappa shape index (κ3) is 4.18. The molecule has 1 aromatic rings. The van der Waals surface area contributed by atoms with Crippen LogP contribution in [0.15, 0.2) is 22.8 Å². The van der Waals surface area contributed by atoms with E-state index >= 15 is 0 Å². The first kappa shape index (κ1) is 13.1. The Bertz CT molecular complexity index is 371. The van der Waals surface area contributed by atoms with Crippen molar-refractivity contribution in [1.82, 2.24) is 10.6 Å². The molecule has 0 aromatic carbocycles. The summed E-state index contributed by atoms with van der Waals surface area (Å²) >= 11 is 0. The van der Waals surface area contributed by atoms with E-state index in [0.717, 1.165) is 31.4 Å². The average molecular weight is 250 g/mol. The molecule has 2 atom stereocenters. The van der Waals surface area contributed by atoms with E-state index in [9.17, 15) is 4.79 Å². The standard InChI is InChI=1S/C14H22N2O2/c1-10(5-8-13-4-3-9-18-13)15-11(2)14(17)16-12-6-7-12/h3-4,9-12,15H,5-8H2,1-2H3,(H,16,17). The van der Waals surface area contributed by atoms with Crippen molar-refractivity contribution in [2.45, 2.75) is 57.7 Å². The Morgan fingerprint density at radius 1 is 1.50 bits per heavy atom. The number of furan rings is 1. The van der Waals surface area contributed by atoms with Gasteiger partial charge in [0, 0.05) is 18.5 Å². The maximum atomic E-state index is 11.8. The van der Waals surface area contributed by atoms with Crippen LogP contribution < -0.4 is 10.6 Å².